The number of hydrogen-bond acceptors (Lipinski definition) is 6. The summed E-state index contributed by atoms with van der Waals surface area (Å²) in [7, 11) is -3.82. The maximum Gasteiger partial charge on any atom is 0.263 e. The normalized spacial score (nSPS) is 11.4. The molecule has 1 aromatic heterocycles. The van der Waals surface area contributed by atoms with Gasteiger partial charge in [-0.3, -0.25) is 9.52 Å². The van der Waals surface area contributed by atoms with Crippen LogP contribution in [0.25, 0.3) is 0 Å². The fraction of sp³-hybridized carbons (Fsp3) is 0.320. The molecule has 186 valence electrons. The van der Waals surface area contributed by atoms with Crippen LogP contribution in [0.4, 0.5) is 11.5 Å². The highest BCUT2D eigenvalue weighted by Gasteiger charge is 2.16. The van der Waals surface area contributed by atoms with Gasteiger partial charge in [-0.15, -0.1) is 0 Å². The molecule has 3 aromatic rings. The van der Waals surface area contributed by atoms with Crippen LogP contribution in [0, 0.1) is 13.8 Å². The van der Waals surface area contributed by atoms with Crippen molar-refractivity contribution in [1.82, 2.24) is 9.97 Å². The molecule has 10 heteroatoms. The van der Waals surface area contributed by atoms with Crippen LogP contribution in [-0.2, 0) is 14.8 Å². The van der Waals surface area contributed by atoms with Crippen LogP contribution in [-0.4, -0.2) is 30.9 Å². The Hall–Kier alpha value is -2.98. The number of ether oxygens (including phenoxy) is 1. The zero-order valence-corrected chi connectivity index (χ0v) is 22.5. The van der Waals surface area contributed by atoms with Crippen molar-refractivity contribution in [2.75, 3.05) is 16.6 Å². The number of benzene rings is 2. The average Bonchev–Trinajstić information content (AvgIpc) is 2.76. The van der Waals surface area contributed by atoms with Gasteiger partial charge in [0.2, 0.25) is 5.91 Å². The summed E-state index contributed by atoms with van der Waals surface area (Å²) in [5, 5.41) is 2.78. The molecule has 1 amide bonds. The monoisotopic (exact) mass is 560 g/mol. The summed E-state index contributed by atoms with van der Waals surface area (Å²) in [5.74, 6) is 1.68. The standard InChI is InChI=1S/C25H29BrN4O4S/c1-16(2)19-7-12-23(22(26)15-19)34-13-5-6-25(31)29-20-8-10-21(11-9-20)35(32,33)30-24-14-17(3)27-18(4)28-24/h7-12,14-16H,5-6,13H2,1-4H3,(H,29,31)(H,27,28,30). The van der Waals surface area contributed by atoms with E-state index in [1.54, 1.807) is 32.0 Å². The van der Waals surface area contributed by atoms with E-state index in [0.29, 0.717) is 36.2 Å². The molecule has 0 aliphatic carbocycles. The fourth-order valence-corrected chi connectivity index (χ4v) is 4.82. The van der Waals surface area contributed by atoms with E-state index < -0.39 is 10.0 Å². The molecule has 2 aromatic carbocycles. The summed E-state index contributed by atoms with van der Waals surface area (Å²) in [5.41, 5.74) is 2.39. The van der Waals surface area contributed by atoms with Crippen LogP contribution in [0.3, 0.4) is 0 Å². The predicted molar refractivity (Wildman–Crippen MR) is 140 cm³/mol. The first-order chi connectivity index (χ1) is 16.5. The van der Waals surface area contributed by atoms with Gasteiger partial charge in [0, 0.05) is 23.9 Å². The molecule has 8 nitrogen and oxygen atoms in total. The van der Waals surface area contributed by atoms with Crippen molar-refractivity contribution in [3.05, 3.63) is 70.1 Å². The lowest BCUT2D eigenvalue weighted by atomic mass is 10.0. The maximum atomic E-state index is 12.6. The Morgan fingerprint density at radius 2 is 1.77 bits per heavy atom. The number of carbonyl (C=O) groups excluding carboxylic acids is 1. The molecule has 0 radical (unpaired) electrons. The van der Waals surface area contributed by atoms with Crippen LogP contribution in [0.15, 0.2) is 57.9 Å². The topological polar surface area (TPSA) is 110 Å². The van der Waals surface area contributed by atoms with Crippen molar-refractivity contribution in [3.63, 3.8) is 0 Å². The SMILES string of the molecule is Cc1cc(NS(=O)(=O)c2ccc(NC(=O)CCCOc3ccc(C(C)C)cc3Br)cc2)nc(C)n1. The number of carbonyl (C=O) groups is 1. The predicted octanol–water partition coefficient (Wildman–Crippen LogP) is 5.58. The molecule has 3 rings (SSSR count). The number of nitrogens with zero attached hydrogens (tertiary/aromatic N) is 2. The minimum Gasteiger partial charge on any atom is -0.492 e. The van der Waals surface area contributed by atoms with Crippen molar-refractivity contribution in [1.29, 1.82) is 0 Å². The second-order valence-electron chi connectivity index (χ2n) is 8.42. The van der Waals surface area contributed by atoms with E-state index in [4.69, 9.17) is 4.74 Å². The molecule has 0 aliphatic rings. The van der Waals surface area contributed by atoms with E-state index in [0.717, 1.165) is 10.2 Å². The summed E-state index contributed by atoms with van der Waals surface area (Å²) in [6, 6.07) is 13.5. The molecular formula is C25H29BrN4O4S. The van der Waals surface area contributed by atoms with E-state index in [1.165, 1.54) is 17.7 Å². The lowest BCUT2D eigenvalue weighted by molar-refractivity contribution is -0.116. The molecule has 0 spiro atoms. The van der Waals surface area contributed by atoms with E-state index in [9.17, 15) is 13.2 Å². The molecule has 0 bridgehead atoms. The van der Waals surface area contributed by atoms with Gasteiger partial charge in [-0.1, -0.05) is 19.9 Å². The van der Waals surface area contributed by atoms with Crippen molar-refractivity contribution < 1.29 is 17.9 Å². The van der Waals surface area contributed by atoms with Gasteiger partial charge >= 0.3 is 0 Å². The summed E-state index contributed by atoms with van der Waals surface area (Å²) in [4.78, 5) is 20.6. The molecule has 0 atom stereocenters. The third kappa shape index (κ3) is 7.76. The van der Waals surface area contributed by atoms with E-state index in [1.807, 2.05) is 18.2 Å². The minimum absolute atomic E-state index is 0.0619. The first-order valence-corrected chi connectivity index (χ1v) is 13.5. The van der Waals surface area contributed by atoms with Crippen molar-refractivity contribution in [3.8, 4) is 5.75 Å². The highest BCUT2D eigenvalue weighted by molar-refractivity contribution is 9.10. The van der Waals surface area contributed by atoms with Gasteiger partial charge in [0.15, 0.2) is 0 Å². The maximum absolute atomic E-state index is 12.6. The number of aromatic nitrogens is 2. The quantitative estimate of drug-likeness (QED) is 0.313. The molecule has 0 aliphatic heterocycles. The number of nitrogens with one attached hydrogen (secondary N) is 2. The first kappa shape index (κ1) is 26.6. The number of aryl methyl sites for hydroxylation is 2. The molecular weight excluding hydrogens is 532 g/mol. The zero-order valence-electron chi connectivity index (χ0n) is 20.1. The number of sulfonamides is 1. The molecule has 1 heterocycles. The second-order valence-corrected chi connectivity index (χ2v) is 11.0. The molecule has 0 fully saturated rings. The van der Waals surface area contributed by atoms with Crippen molar-refractivity contribution >= 4 is 43.4 Å². The Morgan fingerprint density at radius 3 is 2.40 bits per heavy atom. The fourth-order valence-electron chi connectivity index (χ4n) is 3.31. The van der Waals surface area contributed by atoms with E-state index in [-0.39, 0.29) is 23.0 Å². The second kappa shape index (κ2) is 11.6. The average molecular weight is 562 g/mol. The smallest absolute Gasteiger partial charge is 0.263 e. The molecule has 35 heavy (non-hydrogen) atoms. The summed E-state index contributed by atoms with van der Waals surface area (Å²) < 4.78 is 34.4. The third-order valence-corrected chi connectivity index (χ3v) is 7.07. The van der Waals surface area contributed by atoms with Gasteiger partial charge in [0.05, 0.1) is 16.0 Å². The summed E-state index contributed by atoms with van der Waals surface area (Å²) in [6.45, 7) is 8.12. The highest BCUT2D eigenvalue weighted by atomic mass is 79.9. The van der Waals surface area contributed by atoms with Crippen LogP contribution < -0.4 is 14.8 Å². The van der Waals surface area contributed by atoms with Crippen LogP contribution in [0.5, 0.6) is 5.75 Å². The largest absolute Gasteiger partial charge is 0.492 e. The van der Waals surface area contributed by atoms with E-state index >= 15 is 0 Å². The number of rotatable bonds is 10. The summed E-state index contributed by atoms with van der Waals surface area (Å²) in [6.07, 6.45) is 0.814. The number of hydrogen-bond donors (Lipinski definition) is 2. The Bertz CT molecular complexity index is 1280. The minimum atomic E-state index is -3.82. The number of anilines is 2. The third-order valence-electron chi connectivity index (χ3n) is 5.08. The Labute approximate surface area is 214 Å². The van der Waals surface area contributed by atoms with Crippen LogP contribution in [0.2, 0.25) is 0 Å². The van der Waals surface area contributed by atoms with Crippen LogP contribution >= 0.6 is 15.9 Å². The Balaban J connectivity index is 1.49. The van der Waals surface area contributed by atoms with Gasteiger partial charge in [-0.2, -0.15) is 0 Å². The van der Waals surface area contributed by atoms with Gasteiger partial charge in [0.25, 0.3) is 10.0 Å². The molecule has 0 unspecified atom stereocenters. The molecule has 0 saturated heterocycles. The van der Waals surface area contributed by atoms with E-state index in [2.05, 4.69) is 49.8 Å². The van der Waals surface area contributed by atoms with Gasteiger partial charge < -0.3 is 10.1 Å². The van der Waals surface area contributed by atoms with Gasteiger partial charge in [-0.05, 0) is 84.1 Å². The lowest BCUT2D eigenvalue weighted by Crippen LogP contribution is -2.15. The number of halogens is 1. The Kier molecular flexibility index (Phi) is 8.85. The Morgan fingerprint density at radius 1 is 1.06 bits per heavy atom. The summed E-state index contributed by atoms with van der Waals surface area (Å²) >= 11 is 3.53. The number of amides is 1. The van der Waals surface area contributed by atoms with Crippen molar-refractivity contribution in [2.24, 2.45) is 0 Å². The molecule has 0 saturated carbocycles. The van der Waals surface area contributed by atoms with Gasteiger partial charge in [-0.25, -0.2) is 18.4 Å². The van der Waals surface area contributed by atoms with Gasteiger partial charge in [0.1, 0.15) is 17.4 Å². The zero-order chi connectivity index (χ0) is 25.6. The first-order valence-electron chi connectivity index (χ1n) is 11.2. The van der Waals surface area contributed by atoms with Crippen molar-refractivity contribution in [2.45, 2.75) is 51.3 Å². The van der Waals surface area contributed by atoms with Crippen LogP contribution in [0.1, 0.15) is 49.7 Å². The lowest BCUT2D eigenvalue weighted by Gasteiger charge is -2.12. The molecule has 2 N–H and O–H groups in total. The highest BCUT2D eigenvalue weighted by Crippen LogP contribution is 2.29.